The molecule has 0 heterocycles. The molecule has 2 atom stereocenters. The summed E-state index contributed by atoms with van der Waals surface area (Å²) in [5.41, 5.74) is -2.44. The van der Waals surface area contributed by atoms with Gasteiger partial charge in [-0.25, -0.2) is 0 Å². The average Bonchev–Trinajstić information content (AvgIpc) is 2.44. The molecule has 0 aromatic rings. The molecule has 0 aliphatic heterocycles. The minimum absolute atomic E-state index is 0.0541. The smallest absolute Gasteiger partial charge is 0.380 e. The zero-order valence-corrected chi connectivity index (χ0v) is 8.19. The monoisotopic (exact) mass is 211 g/mol. The maximum atomic E-state index is 12.4. The predicted molar refractivity (Wildman–Crippen MR) is 46.9 cm³/mol. The summed E-state index contributed by atoms with van der Waals surface area (Å²) < 4.78 is 37.1. The molecule has 0 spiro atoms. The van der Waals surface area contributed by atoms with Crippen LogP contribution in [0.3, 0.4) is 0 Å². The van der Waals surface area contributed by atoms with Gasteiger partial charge >= 0.3 is 6.18 Å². The topological polar surface area (TPSA) is 32.3 Å². The molecule has 0 amide bonds. The van der Waals surface area contributed by atoms with Gasteiger partial charge in [0.2, 0.25) is 0 Å². The van der Waals surface area contributed by atoms with Crippen LogP contribution in [0.2, 0.25) is 0 Å². The van der Waals surface area contributed by atoms with Crippen molar-refractivity contribution in [3.8, 4) is 0 Å². The first kappa shape index (κ1) is 11.8. The molecule has 2 unspecified atom stereocenters. The van der Waals surface area contributed by atoms with E-state index in [1.807, 2.05) is 6.92 Å². The number of hydrogen-bond donors (Lipinski definition) is 2. The van der Waals surface area contributed by atoms with Crippen LogP contribution < -0.4 is 5.32 Å². The fourth-order valence-electron chi connectivity index (χ4n) is 1.90. The van der Waals surface area contributed by atoms with Crippen LogP contribution in [0.1, 0.15) is 26.2 Å². The summed E-state index contributed by atoms with van der Waals surface area (Å²) in [5.74, 6) is -0.0541. The first-order valence-electron chi connectivity index (χ1n) is 4.89. The fraction of sp³-hybridized carbons (Fsp3) is 1.00. The van der Waals surface area contributed by atoms with Crippen molar-refractivity contribution in [3.05, 3.63) is 0 Å². The van der Waals surface area contributed by atoms with Gasteiger partial charge in [-0.2, -0.15) is 13.2 Å². The number of hydrogen-bond acceptors (Lipinski definition) is 2. The number of nitrogens with one attached hydrogen (secondary N) is 1. The highest BCUT2D eigenvalue weighted by Gasteiger charge is 2.56. The second-order valence-electron chi connectivity index (χ2n) is 3.95. The third kappa shape index (κ3) is 2.39. The Morgan fingerprint density at radius 3 is 2.57 bits per heavy atom. The number of halogens is 3. The molecule has 0 aromatic heterocycles. The predicted octanol–water partition coefficient (Wildman–Crippen LogP) is 1.69. The van der Waals surface area contributed by atoms with Crippen molar-refractivity contribution in [1.29, 1.82) is 0 Å². The van der Waals surface area contributed by atoms with Crippen LogP contribution in [0, 0.1) is 5.92 Å². The van der Waals surface area contributed by atoms with Gasteiger partial charge in [0.25, 0.3) is 0 Å². The second kappa shape index (κ2) is 4.06. The summed E-state index contributed by atoms with van der Waals surface area (Å²) in [6.07, 6.45) is -4.35. The summed E-state index contributed by atoms with van der Waals surface area (Å²) in [6, 6.07) is 0. The lowest BCUT2D eigenvalue weighted by Crippen LogP contribution is -2.43. The fourth-order valence-corrected chi connectivity index (χ4v) is 1.90. The normalized spacial score (nSPS) is 33.6. The highest BCUT2D eigenvalue weighted by Crippen LogP contribution is 2.45. The third-order valence-corrected chi connectivity index (χ3v) is 2.80. The highest BCUT2D eigenvalue weighted by atomic mass is 19.4. The van der Waals surface area contributed by atoms with Gasteiger partial charge in [-0.3, -0.25) is 0 Å². The van der Waals surface area contributed by atoms with Gasteiger partial charge < -0.3 is 10.4 Å². The summed E-state index contributed by atoms with van der Waals surface area (Å²) in [7, 11) is 0. The van der Waals surface area contributed by atoms with Crippen LogP contribution in [-0.2, 0) is 0 Å². The SMILES string of the molecule is CCNCC1CCC(O)(C(F)(F)F)C1. The molecule has 2 N–H and O–H groups in total. The van der Waals surface area contributed by atoms with Crippen molar-refractivity contribution >= 4 is 0 Å². The molecule has 1 saturated carbocycles. The summed E-state index contributed by atoms with van der Waals surface area (Å²) in [5, 5.41) is 12.3. The van der Waals surface area contributed by atoms with E-state index in [4.69, 9.17) is 0 Å². The Hall–Kier alpha value is -0.290. The van der Waals surface area contributed by atoms with Gasteiger partial charge in [0.1, 0.15) is 0 Å². The third-order valence-electron chi connectivity index (χ3n) is 2.80. The van der Waals surface area contributed by atoms with E-state index in [0.29, 0.717) is 13.0 Å². The molecule has 1 fully saturated rings. The molecule has 0 aromatic carbocycles. The van der Waals surface area contributed by atoms with Crippen molar-refractivity contribution in [2.45, 2.75) is 38.0 Å². The zero-order valence-electron chi connectivity index (χ0n) is 8.19. The van der Waals surface area contributed by atoms with Crippen molar-refractivity contribution in [3.63, 3.8) is 0 Å². The Morgan fingerprint density at radius 1 is 1.50 bits per heavy atom. The molecular weight excluding hydrogens is 195 g/mol. The van der Waals surface area contributed by atoms with Gasteiger partial charge in [0.15, 0.2) is 5.60 Å². The molecule has 0 saturated heterocycles. The summed E-state index contributed by atoms with van der Waals surface area (Å²) in [6.45, 7) is 3.22. The van der Waals surface area contributed by atoms with Crippen LogP contribution in [0.5, 0.6) is 0 Å². The van der Waals surface area contributed by atoms with Crippen molar-refractivity contribution < 1.29 is 18.3 Å². The van der Waals surface area contributed by atoms with Crippen LogP contribution in [-0.4, -0.2) is 30.0 Å². The molecule has 5 heteroatoms. The van der Waals surface area contributed by atoms with Crippen LogP contribution in [0.25, 0.3) is 0 Å². The Morgan fingerprint density at radius 2 is 2.14 bits per heavy atom. The van der Waals surface area contributed by atoms with Crippen LogP contribution in [0.4, 0.5) is 13.2 Å². The quantitative estimate of drug-likeness (QED) is 0.744. The van der Waals surface area contributed by atoms with Crippen molar-refractivity contribution in [2.24, 2.45) is 5.92 Å². The van der Waals surface area contributed by atoms with Gasteiger partial charge in [-0.1, -0.05) is 6.92 Å². The van der Waals surface area contributed by atoms with E-state index in [2.05, 4.69) is 5.32 Å². The van der Waals surface area contributed by atoms with E-state index in [0.717, 1.165) is 6.54 Å². The Kier molecular flexibility index (Phi) is 3.42. The Labute approximate surface area is 81.5 Å². The van der Waals surface area contributed by atoms with Crippen LogP contribution >= 0.6 is 0 Å². The van der Waals surface area contributed by atoms with E-state index in [1.165, 1.54) is 0 Å². The summed E-state index contributed by atoms with van der Waals surface area (Å²) >= 11 is 0. The van der Waals surface area contributed by atoms with Gasteiger partial charge in [-0.15, -0.1) is 0 Å². The average molecular weight is 211 g/mol. The lowest BCUT2D eigenvalue weighted by Gasteiger charge is -2.25. The Bertz CT molecular complexity index is 195. The molecular formula is C9H16F3NO. The van der Waals surface area contributed by atoms with E-state index in [9.17, 15) is 18.3 Å². The molecule has 0 bridgehead atoms. The van der Waals surface area contributed by atoms with Crippen molar-refractivity contribution in [1.82, 2.24) is 5.32 Å². The minimum Gasteiger partial charge on any atom is -0.380 e. The number of alkyl halides is 3. The lowest BCUT2D eigenvalue weighted by atomic mass is 10.00. The summed E-state index contributed by atoms with van der Waals surface area (Å²) in [4.78, 5) is 0. The second-order valence-corrected chi connectivity index (χ2v) is 3.95. The van der Waals surface area contributed by atoms with Crippen molar-refractivity contribution in [2.75, 3.05) is 13.1 Å². The molecule has 1 rings (SSSR count). The molecule has 14 heavy (non-hydrogen) atoms. The highest BCUT2D eigenvalue weighted by molar-refractivity contribution is 4.95. The van der Waals surface area contributed by atoms with Crippen LogP contribution in [0.15, 0.2) is 0 Å². The van der Waals surface area contributed by atoms with Gasteiger partial charge in [0.05, 0.1) is 0 Å². The first-order chi connectivity index (χ1) is 6.39. The maximum Gasteiger partial charge on any atom is 0.417 e. The molecule has 1 aliphatic carbocycles. The van der Waals surface area contributed by atoms with Gasteiger partial charge in [0, 0.05) is 0 Å². The van der Waals surface area contributed by atoms with E-state index in [-0.39, 0.29) is 18.8 Å². The van der Waals surface area contributed by atoms with E-state index >= 15 is 0 Å². The zero-order chi connectivity index (χ0) is 10.8. The van der Waals surface area contributed by atoms with E-state index in [1.54, 1.807) is 0 Å². The number of rotatable bonds is 3. The van der Waals surface area contributed by atoms with Gasteiger partial charge in [-0.05, 0) is 38.3 Å². The molecule has 1 aliphatic rings. The number of aliphatic hydroxyl groups is 1. The standard InChI is InChI=1S/C9H16F3NO/c1-2-13-6-7-3-4-8(14,5-7)9(10,11)12/h7,13-14H,2-6H2,1H3. The first-order valence-corrected chi connectivity index (χ1v) is 4.89. The largest absolute Gasteiger partial charge is 0.417 e. The molecule has 2 nitrogen and oxygen atoms in total. The lowest BCUT2D eigenvalue weighted by molar-refractivity contribution is -0.258. The van der Waals surface area contributed by atoms with E-state index < -0.39 is 11.8 Å². The molecule has 0 radical (unpaired) electrons. The maximum absolute atomic E-state index is 12.4. The molecule has 84 valence electrons. The Balaban J connectivity index is 2.47. The minimum atomic E-state index is -4.48.